The van der Waals surface area contributed by atoms with Crippen LogP contribution in [0.5, 0.6) is 5.88 Å². The lowest BCUT2D eigenvalue weighted by Gasteiger charge is -2.39. The van der Waals surface area contributed by atoms with E-state index in [1.165, 1.54) is 6.33 Å². The third-order valence-electron chi connectivity index (χ3n) is 4.09. The van der Waals surface area contributed by atoms with E-state index < -0.39 is 5.60 Å². The quantitative estimate of drug-likeness (QED) is 0.862. The maximum Gasteiger partial charge on any atom is 0.218 e. The Morgan fingerprint density at radius 2 is 2.26 bits per heavy atom. The molecule has 124 valence electrons. The molecule has 23 heavy (non-hydrogen) atoms. The van der Waals surface area contributed by atoms with Crippen LogP contribution in [-0.4, -0.2) is 55.1 Å². The Morgan fingerprint density at radius 1 is 1.39 bits per heavy atom. The van der Waals surface area contributed by atoms with E-state index in [0.29, 0.717) is 25.5 Å². The van der Waals surface area contributed by atoms with Crippen LogP contribution in [0.15, 0.2) is 18.7 Å². The van der Waals surface area contributed by atoms with E-state index in [-0.39, 0.29) is 0 Å². The molecule has 0 aliphatic carbocycles. The second-order valence-corrected chi connectivity index (χ2v) is 5.93. The summed E-state index contributed by atoms with van der Waals surface area (Å²) < 4.78 is 7.27. The van der Waals surface area contributed by atoms with Crippen LogP contribution in [0.4, 0.5) is 5.82 Å². The summed E-state index contributed by atoms with van der Waals surface area (Å²) in [5.74, 6) is 2.12. The number of aromatic nitrogens is 5. The molecule has 8 nitrogen and oxygen atoms in total. The molecular formula is C15H22N6O2. The lowest BCUT2D eigenvalue weighted by atomic mass is 9.89. The molecule has 8 heteroatoms. The topological polar surface area (TPSA) is 89.2 Å². The highest BCUT2D eigenvalue weighted by atomic mass is 16.5. The van der Waals surface area contributed by atoms with E-state index in [0.717, 1.165) is 31.0 Å². The highest BCUT2D eigenvalue weighted by molar-refractivity contribution is 5.42. The lowest BCUT2D eigenvalue weighted by Crippen LogP contribution is -2.50. The predicted octanol–water partition coefficient (Wildman–Crippen LogP) is 0.578. The summed E-state index contributed by atoms with van der Waals surface area (Å²) in [7, 11) is 1.89. The molecule has 0 saturated carbocycles. The molecule has 3 heterocycles. The van der Waals surface area contributed by atoms with Crippen molar-refractivity contribution in [2.24, 2.45) is 7.05 Å². The summed E-state index contributed by atoms with van der Waals surface area (Å²) in [6.45, 7) is 3.83. The Hall–Kier alpha value is -2.22. The molecule has 1 fully saturated rings. The van der Waals surface area contributed by atoms with Gasteiger partial charge in [-0.05, 0) is 19.8 Å². The summed E-state index contributed by atoms with van der Waals surface area (Å²) in [5, 5.41) is 18.9. The fourth-order valence-corrected chi connectivity index (χ4v) is 2.94. The number of rotatable bonds is 5. The predicted molar refractivity (Wildman–Crippen MR) is 84.3 cm³/mol. The van der Waals surface area contributed by atoms with Gasteiger partial charge in [-0.2, -0.15) is 0 Å². The van der Waals surface area contributed by atoms with E-state index in [1.54, 1.807) is 6.33 Å². The monoisotopic (exact) mass is 318 g/mol. The first-order valence-electron chi connectivity index (χ1n) is 7.85. The minimum Gasteiger partial charge on any atom is -0.478 e. The van der Waals surface area contributed by atoms with Gasteiger partial charge in [0.1, 0.15) is 24.3 Å². The molecular weight excluding hydrogens is 296 g/mol. The van der Waals surface area contributed by atoms with Crippen LogP contribution in [-0.2, 0) is 13.5 Å². The SMILES string of the molecule is CCOc1cc(N2CCCC(O)(Cc3nncn3C)C2)ncn1. The van der Waals surface area contributed by atoms with Gasteiger partial charge in [-0.1, -0.05) is 0 Å². The van der Waals surface area contributed by atoms with Gasteiger partial charge < -0.3 is 19.3 Å². The van der Waals surface area contributed by atoms with Gasteiger partial charge in [0.2, 0.25) is 5.88 Å². The van der Waals surface area contributed by atoms with Gasteiger partial charge in [0.05, 0.1) is 12.2 Å². The number of ether oxygens (including phenoxy) is 1. The van der Waals surface area contributed by atoms with E-state index in [1.807, 2.05) is 24.6 Å². The summed E-state index contributed by atoms with van der Waals surface area (Å²) in [6, 6.07) is 1.82. The number of hydrogen-bond donors (Lipinski definition) is 1. The second-order valence-electron chi connectivity index (χ2n) is 5.93. The zero-order valence-corrected chi connectivity index (χ0v) is 13.5. The van der Waals surface area contributed by atoms with Crippen molar-refractivity contribution in [3.63, 3.8) is 0 Å². The molecule has 3 rings (SSSR count). The zero-order chi connectivity index (χ0) is 16.3. The molecule has 0 aromatic carbocycles. The molecule has 1 atom stereocenters. The molecule has 0 amide bonds. The van der Waals surface area contributed by atoms with Gasteiger partial charge >= 0.3 is 0 Å². The van der Waals surface area contributed by atoms with Crippen LogP contribution in [0.25, 0.3) is 0 Å². The summed E-state index contributed by atoms with van der Waals surface area (Å²) >= 11 is 0. The molecule has 0 spiro atoms. The fourth-order valence-electron chi connectivity index (χ4n) is 2.94. The molecule has 2 aromatic rings. The molecule has 2 aromatic heterocycles. The highest BCUT2D eigenvalue weighted by Crippen LogP contribution is 2.28. The Bertz CT molecular complexity index is 661. The maximum absolute atomic E-state index is 11.0. The molecule has 0 bridgehead atoms. The average Bonchev–Trinajstić information content (AvgIpc) is 2.92. The van der Waals surface area contributed by atoms with Crippen molar-refractivity contribution >= 4 is 5.82 Å². The number of nitrogens with zero attached hydrogens (tertiary/aromatic N) is 6. The van der Waals surface area contributed by atoms with Crippen molar-refractivity contribution < 1.29 is 9.84 Å². The first kappa shape index (κ1) is 15.7. The second kappa shape index (κ2) is 6.49. The van der Waals surface area contributed by atoms with Gasteiger partial charge in [0.25, 0.3) is 0 Å². The van der Waals surface area contributed by atoms with Crippen LogP contribution in [0, 0.1) is 0 Å². The van der Waals surface area contributed by atoms with E-state index in [9.17, 15) is 5.11 Å². The fraction of sp³-hybridized carbons (Fsp3) is 0.600. The van der Waals surface area contributed by atoms with Gasteiger partial charge in [0.15, 0.2) is 0 Å². The summed E-state index contributed by atoms with van der Waals surface area (Å²) in [4.78, 5) is 10.5. The first-order chi connectivity index (χ1) is 11.1. The van der Waals surface area contributed by atoms with Gasteiger partial charge in [-0.25, -0.2) is 9.97 Å². The van der Waals surface area contributed by atoms with Crippen LogP contribution < -0.4 is 9.64 Å². The van der Waals surface area contributed by atoms with Crippen molar-refractivity contribution in [3.05, 3.63) is 24.5 Å². The highest BCUT2D eigenvalue weighted by Gasteiger charge is 2.35. The zero-order valence-electron chi connectivity index (χ0n) is 13.5. The van der Waals surface area contributed by atoms with Gasteiger partial charge in [0, 0.05) is 32.6 Å². The third-order valence-corrected chi connectivity index (χ3v) is 4.09. The maximum atomic E-state index is 11.0. The van der Waals surface area contributed by atoms with E-state index in [4.69, 9.17) is 4.74 Å². The summed E-state index contributed by atoms with van der Waals surface area (Å²) in [6.07, 6.45) is 5.25. The van der Waals surface area contributed by atoms with Gasteiger partial charge in [-0.3, -0.25) is 0 Å². The molecule has 1 N–H and O–H groups in total. The number of aliphatic hydroxyl groups is 1. The van der Waals surface area contributed by atoms with Crippen molar-refractivity contribution in [3.8, 4) is 5.88 Å². The lowest BCUT2D eigenvalue weighted by molar-refractivity contribution is 0.0236. The van der Waals surface area contributed by atoms with E-state index >= 15 is 0 Å². The number of piperidine rings is 1. The largest absolute Gasteiger partial charge is 0.478 e. The van der Waals surface area contributed by atoms with Crippen molar-refractivity contribution in [2.75, 3.05) is 24.6 Å². The van der Waals surface area contributed by atoms with Crippen LogP contribution >= 0.6 is 0 Å². The number of anilines is 1. The normalized spacial score (nSPS) is 21.4. The first-order valence-corrected chi connectivity index (χ1v) is 7.85. The van der Waals surface area contributed by atoms with Gasteiger partial charge in [-0.15, -0.1) is 10.2 Å². The Labute approximate surface area is 135 Å². The van der Waals surface area contributed by atoms with E-state index in [2.05, 4.69) is 25.1 Å². The Balaban J connectivity index is 1.75. The third kappa shape index (κ3) is 3.58. The van der Waals surface area contributed by atoms with Crippen LogP contribution in [0.1, 0.15) is 25.6 Å². The smallest absolute Gasteiger partial charge is 0.218 e. The van der Waals surface area contributed by atoms with Crippen LogP contribution in [0.2, 0.25) is 0 Å². The Kier molecular flexibility index (Phi) is 4.42. The van der Waals surface area contributed by atoms with Crippen LogP contribution in [0.3, 0.4) is 0 Å². The number of β-amino-alcohol motifs (C(OH)–C–C–N with tert-alkyl or cyclic N) is 1. The van der Waals surface area contributed by atoms with Crippen molar-refractivity contribution in [1.82, 2.24) is 24.7 Å². The van der Waals surface area contributed by atoms with Crippen molar-refractivity contribution in [2.45, 2.75) is 31.8 Å². The average molecular weight is 318 g/mol. The molecule has 1 aliphatic rings. The number of aryl methyl sites for hydroxylation is 1. The van der Waals surface area contributed by atoms with Crippen molar-refractivity contribution in [1.29, 1.82) is 0 Å². The molecule has 0 radical (unpaired) electrons. The number of hydrogen-bond acceptors (Lipinski definition) is 7. The molecule has 1 aliphatic heterocycles. The summed E-state index contributed by atoms with van der Waals surface area (Å²) in [5.41, 5.74) is -0.838. The standard InChI is InChI=1S/C15H22N6O2/c1-3-23-14-7-12(16-10-17-14)21-6-4-5-15(22,9-21)8-13-19-18-11-20(13)2/h7,10-11,22H,3-6,8-9H2,1-2H3. The minimum absolute atomic E-state index is 0.476. The minimum atomic E-state index is -0.838. The Morgan fingerprint density at radius 3 is 3.00 bits per heavy atom. The molecule has 1 saturated heterocycles. The molecule has 1 unspecified atom stereocenters.